The van der Waals surface area contributed by atoms with E-state index in [1.165, 1.54) is 12.3 Å². The second kappa shape index (κ2) is 8.77. The van der Waals surface area contributed by atoms with Crippen LogP contribution in [-0.4, -0.2) is 37.5 Å². The van der Waals surface area contributed by atoms with Crippen molar-refractivity contribution in [1.29, 1.82) is 0 Å². The van der Waals surface area contributed by atoms with Crippen molar-refractivity contribution < 1.29 is 9.66 Å². The fraction of sp³-hybridized carbons (Fsp3) is 0.176. The molecule has 0 amide bonds. The minimum Gasteiger partial charge on any atom is -0.497 e. The molecule has 2 N–H and O–H groups in total. The summed E-state index contributed by atoms with van der Waals surface area (Å²) < 4.78 is 5.14. The maximum atomic E-state index is 11.2. The van der Waals surface area contributed by atoms with Crippen LogP contribution in [0.2, 0.25) is 0 Å². The lowest BCUT2D eigenvalue weighted by molar-refractivity contribution is -0.384. The van der Waals surface area contributed by atoms with Crippen LogP contribution in [0.25, 0.3) is 0 Å². The Morgan fingerprint density at radius 1 is 1.31 bits per heavy atom. The lowest BCUT2D eigenvalue weighted by Gasteiger charge is -2.12. The summed E-state index contributed by atoms with van der Waals surface area (Å²) in [6.07, 6.45) is 1.46. The van der Waals surface area contributed by atoms with Gasteiger partial charge in [0, 0.05) is 37.5 Å². The minimum atomic E-state index is -0.422. The number of anilines is 2. The molecular formula is C17H19N5O3S. The monoisotopic (exact) mass is 373 g/mol. The zero-order valence-corrected chi connectivity index (χ0v) is 15.4. The number of ether oxygens (including phenoxy) is 1. The van der Waals surface area contributed by atoms with Crippen LogP contribution >= 0.6 is 12.2 Å². The number of thiocarbonyl (C=S) groups is 1. The van der Waals surface area contributed by atoms with E-state index in [2.05, 4.69) is 15.8 Å². The number of nitro benzene ring substituents is 1. The van der Waals surface area contributed by atoms with Gasteiger partial charge in [-0.2, -0.15) is 5.10 Å². The molecule has 0 bridgehead atoms. The Kier molecular flexibility index (Phi) is 6.45. The Bertz CT molecular complexity index is 839. The van der Waals surface area contributed by atoms with Crippen LogP contribution in [0, 0.1) is 10.1 Å². The smallest absolute Gasteiger partial charge is 0.293 e. The molecule has 0 aliphatic carbocycles. The van der Waals surface area contributed by atoms with Crippen LogP contribution in [0.1, 0.15) is 5.56 Å². The van der Waals surface area contributed by atoms with Crippen molar-refractivity contribution in [3.8, 4) is 5.75 Å². The second-order valence-corrected chi connectivity index (χ2v) is 5.86. The third-order valence-corrected chi connectivity index (χ3v) is 3.58. The van der Waals surface area contributed by atoms with Gasteiger partial charge in [-0.1, -0.05) is 12.1 Å². The first-order valence-electron chi connectivity index (χ1n) is 7.60. The number of nitrogens with zero attached hydrogens (tertiary/aromatic N) is 3. The number of rotatable bonds is 6. The molecule has 0 saturated heterocycles. The Morgan fingerprint density at radius 2 is 2.08 bits per heavy atom. The maximum Gasteiger partial charge on any atom is 0.293 e. The molecule has 0 heterocycles. The van der Waals surface area contributed by atoms with Gasteiger partial charge in [0.25, 0.3) is 5.69 Å². The number of hydrogen-bond donors (Lipinski definition) is 2. The summed E-state index contributed by atoms with van der Waals surface area (Å²) in [5.74, 6) is 0.703. The molecule has 0 aliphatic heterocycles. The van der Waals surface area contributed by atoms with E-state index in [4.69, 9.17) is 17.0 Å². The quantitative estimate of drug-likeness (QED) is 0.348. The number of methoxy groups -OCH3 is 1. The van der Waals surface area contributed by atoms with Crippen molar-refractivity contribution in [2.24, 2.45) is 5.10 Å². The second-order valence-electron chi connectivity index (χ2n) is 5.46. The van der Waals surface area contributed by atoms with Gasteiger partial charge in [-0.15, -0.1) is 0 Å². The summed E-state index contributed by atoms with van der Waals surface area (Å²) in [4.78, 5) is 12.5. The molecule has 136 valence electrons. The average Bonchev–Trinajstić information content (AvgIpc) is 2.61. The third kappa shape index (κ3) is 5.15. The fourth-order valence-corrected chi connectivity index (χ4v) is 2.34. The van der Waals surface area contributed by atoms with Gasteiger partial charge >= 0.3 is 0 Å². The minimum absolute atomic E-state index is 0.0102. The van der Waals surface area contributed by atoms with Crippen LogP contribution in [0.3, 0.4) is 0 Å². The van der Waals surface area contributed by atoms with Gasteiger partial charge in [0.2, 0.25) is 0 Å². The number of benzene rings is 2. The summed E-state index contributed by atoms with van der Waals surface area (Å²) in [6.45, 7) is 0. The van der Waals surface area contributed by atoms with Crippen LogP contribution in [0.15, 0.2) is 47.6 Å². The van der Waals surface area contributed by atoms with Crippen molar-refractivity contribution in [3.63, 3.8) is 0 Å². The standard InChI is InChI=1S/C17H19N5O3S/c1-21(2)15-8-7-12(9-16(15)22(23)24)11-18-20-17(26)19-13-5-4-6-14(10-13)25-3/h4-11H,1-3H3,(H2,19,20,26)/b18-11-. The van der Waals surface area contributed by atoms with E-state index in [1.807, 2.05) is 18.2 Å². The zero-order chi connectivity index (χ0) is 19.1. The Morgan fingerprint density at radius 3 is 2.73 bits per heavy atom. The van der Waals surface area contributed by atoms with Gasteiger partial charge in [0.1, 0.15) is 11.4 Å². The first kappa shape index (κ1) is 19.1. The zero-order valence-electron chi connectivity index (χ0n) is 14.6. The first-order valence-corrected chi connectivity index (χ1v) is 8.01. The molecule has 0 saturated carbocycles. The molecule has 0 aliphatic rings. The van der Waals surface area contributed by atoms with Crippen LogP contribution in [0.5, 0.6) is 5.75 Å². The molecule has 2 rings (SSSR count). The maximum absolute atomic E-state index is 11.2. The van der Waals surface area contributed by atoms with Gasteiger partial charge in [0.15, 0.2) is 5.11 Å². The number of nitro groups is 1. The van der Waals surface area contributed by atoms with Gasteiger partial charge in [-0.3, -0.25) is 15.5 Å². The van der Waals surface area contributed by atoms with E-state index in [-0.39, 0.29) is 10.8 Å². The summed E-state index contributed by atoms with van der Waals surface area (Å²) in [6, 6.07) is 12.2. The number of nitrogens with one attached hydrogen (secondary N) is 2. The van der Waals surface area contributed by atoms with E-state index in [0.29, 0.717) is 17.0 Å². The number of hydrogen-bond acceptors (Lipinski definition) is 6. The van der Waals surface area contributed by atoms with Gasteiger partial charge < -0.3 is 15.0 Å². The largest absolute Gasteiger partial charge is 0.497 e. The molecule has 0 spiro atoms. The molecule has 26 heavy (non-hydrogen) atoms. The first-order chi connectivity index (χ1) is 12.4. The van der Waals surface area contributed by atoms with Crippen molar-refractivity contribution in [2.75, 3.05) is 31.4 Å². The van der Waals surface area contributed by atoms with Crippen LogP contribution in [0.4, 0.5) is 17.1 Å². The molecule has 0 aromatic heterocycles. The molecule has 9 heteroatoms. The predicted octanol–water partition coefficient (Wildman–Crippen LogP) is 2.99. The lowest BCUT2D eigenvalue weighted by atomic mass is 10.2. The van der Waals surface area contributed by atoms with Gasteiger partial charge in [-0.05, 0) is 30.4 Å². The van der Waals surface area contributed by atoms with Crippen molar-refractivity contribution in [3.05, 3.63) is 58.1 Å². The van der Waals surface area contributed by atoms with E-state index < -0.39 is 4.92 Å². The molecular weight excluding hydrogens is 354 g/mol. The fourth-order valence-electron chi connectivity index (χ4n) is 2.17. The number of hydrazone groups is 1. The average molecular weight is 373 g/mol. The van der Waals surface area contributed by atoms with Gasteiger partial charge in [0.05, 0.1) is 18.2 Å². The summed E-state index contributed by atoms with van der Waals surface area (Å²) >= 11 is 5.16. The highest BCUT2D eigenvalue weighted by Crippen LogP contribution is 2.27. The van der Waals surface area contributed by atoms with Crippen molar-refractivity contribution in [2.45, 2.75) is 0 Å². The molecule has 2 aromatic carbocycles. The Balaban J connectivity index is 2.02. The van der Waals surface area contributed by atoms with E-state index in [9.17, 15) is 10.1 Å². The van der Waals surface area contributed by atoms with E-state index in [1.54, 1.807) is 44.3 Å². The lowest BCUT2D eigenvalue weighted by Crippen LogP contribution is -2.23. The van der Waals surface area contributed by atoms with Crippen molar-refractivity contribution >= 4 is 40.6 Å². The van der Waals surface area contributed by atoms with Crippen molar-refractivity contribution in [1.82, 2.24) is 5.43 Å². The summed E-state index contributed by atoms with van der Waals surface area (Å²) in [5.41, 5.74) is 4.54. The molecule has 0 unspecified atom stereocenters. The Labute approximate surface area is 156 Å². The van der Waals surface area contributed by atoms with Gasteiger partial charge in [-0.25, -0.2) is 0 Å². The molecule has 2 aromatic rings. The highest BCUT2D eigenvalue weighted by atomic mass is 32.1. The molecule has 0 radical (unpaired) electrons. The normalized spacial score (nSPS) is 10.4. The third-order valence-electron chi connectivity index (χ3n) is 3.39. The molecule has 0 fully saturated rings. The highest BCUT2D eigenvalue weighted by molar-refractivity contribution is 7.80. The summed E-state index contributed by atoms with van der Waals surface area (Å²) in [7, 11) is 5.08. The van der Waals surface area contributed by atoms with Crippen LogP contribution < -0.4 is 20.4 Å². The van der Waals surface area contributed by atoms with E-state index in [0.717, 1.165) is 5.69 Å². The van der Waals surface area contributed by atoms with E-state index >= 15 is 0 Å². The highest BCUT2D eigenvalue weighted by Gasteiger charge is 2.15. The molecule has 8 nitrogen and oxygen atoms in total. The molecule has 0 atom stereocenters. The van der Waals surface area contributed by atoms with Crippen LogP contribution in [-0.2, 0) is 0 Å². The predicted molar refractivity (Wildman–Crippen MR) is 107 cm³/mol. The topological polar surface area (TPSA) is 92.0 Å². The SMILES string of the molecule is COc1cccc(NC(=S)N/N=C\c2ccc(N(C)C)c([N+](=O)[O-])c2)c1. The Hall–Kier alpha value is -3.20. The summed E-state index contributed by atoms with van der Waals surface area (Å²) in [5, 5.41) is 18.5.